The maximum atomic E-state index is 6.36. The second-order valence-electron chi connectivity index (χ2n) is 5.15. The van der Waals surface area contributed by atoms with Crippen molar-refractivity contribution in [2.24, 2.45) is 17.6 Å². The van der Waals surface area contributed by atoms with Crippen LogP contribution in [0.4, 0.5) is 0 Å². The van der Waals surface area contributed by atoms with Crippen LogP contribution in [-0.4, -0.2) is 6.04 Å². The van der Waals surface area contributed by atoms with Crippen molar-refractivity contribution < 1.29 is 0 Å². The molecule has 1 aliphatic rings. The van der Waals surface area contributed by atoms with Crippen molar-refractivity contribution in [3.8, 4) is 0 Å². The average Bonchev–Trinajstić information content (AvgIpc) is 2.82. The number of nitrogens with two attached hydrogens (primary N) is 1. The molecule has 1 aromatic rings. The minimum atomic E-state index is 0.382. The second-order valence-corrected chi connectivity index (χ2v) is 6.18. The highest BCUT2D eigenvalue weighted by atomic mass is 32.1. The van der Waals surface area contributed by atoms with E-state index in [0.29, 0.717) is 6.04 Å². The van der Waals surface area contributed by atoms with Gasteiger partial charge in [-0.2, -0.15) is 0 Å². The summed E-state index contributed by atoms with van der Waals surface area (Å²) in [6.07, 6.45) is 7.95. The van der Waals surface area contributed by atoms with Gasteiger partial charge in [0.25, 0.3) is 0 Å². The minimum absolute atomic E-state index is 0.382. The normalized spacial score (nSPS) is 27.9. The molecule has 0 saturated heterocycles. The molecule has 0 amide bonds. The van der Waals surface area contributed by atoms with E-state index in [9.17, 15) is 0 Å². The zero-order valence-electron chi connectivity index (χ0n) is 10.2. The summed E-state index contributed by atoms with van der Waals surface area (Å²) in [5.41, 5.74) is 6.36. The van der Waals surface area contributed by atoms with Gasteiger partial charge in [0.1, 0.15) is 0 Å². The van der Waals surface area contributed by atoms with Gasteiger partial charge < -0.3 is 5.73 Å². The summed E-state index contributed by atoms with van der Waals surface area (Å²) in [6, 6.07) is 4.72. The van der Waals surface area contributed by atoms with Gasteiger partial charge in [-0.15, -0.1) is 11.3 Å². The largest absolute Gasteiger partial charge is 0.327 e. The summed E-state index contributed by atoms with van der Waals surface area (Å²) in [6.45, 7) is 2.32. The van der Waals surface area contributed by atoms with Crippen molar-refractivity contribution in [3.05, 3.63) is 22.4 Å². The van der Waals surface area contributed by atoms with Gasteiger partial charge in [-0.05, 0) is 42.5 Å². The quantitative estimate of drug-likeness (QED) is 0.846. The average molecular weight is 237 g/mol. The number of rotatable bonds is 4. The molecule has 1 aliphatic carbocycles. The van der Waals surface area contributed by atoms with Crippen molar-refractivity contribution in [1.82, 2.24) is 0 Å². The van der Waals surface area contributed by atoms with E-state index in [1.54, 1.807) is 0 Å². The highest BCUT2D eigenvalue weighted by Gasteiger charge is 2.25. The van der Waals surface area contributed by atoms with Crippen molar-refractivity contribution in [1.29, 1.82) is 0 Å². The fourth-order valence-corrected chi connectivity index (χ4v) is 3.70. The molecule has 16 heavy (non-hydrogen) atoms. The molecule has 3 atom stereocenters. The summed E-state index contributed by atoms with van der Waals surface area (Å²) in [4.78, 5) is 1.45. The summed E-state index contributed by atoms with van der Waals surface area (Å²) < 4.78 is 0. The molecule has 3 unspecified atom stereocenters. The first-order valence-corrected chi connectivity index (χ1v) is 7.45. The summed E-state index contributed by atoms with van der Waals surface area (Å²) >= 11 is 1.84. The number of thiophene rings is 1. The van der Waals surface area contributed by atoms with E-state index >= 15 is 0 Å². The number of hydrogen-bond donors (Lipinski definition) is 1. The van der Waals surface area contributed by atoms with E-state index in [0.717, 1.165) is 18.3 Å². The molecular formula is C14H23NS. The lowest BCUT2D eigenvalue weighted by Gasteiger charge is -2.32. The molecule has 0 aromatic carbocycles. The van der Waals surface area contributed by atoms with E-state index in [2.05, 4.69) is 24.4 Å². The van der Waals surface area contributed by atoms with Gasteiger partial charge in [0.15, 0.2) is 0 Å². The Balaban J connectivity index is 1.86. The molecule has 1 saturated carbocycles. The summed E-state index contributed by atoms with van der Waals surface area (Å²) in [5.74, 6) is 1.70. The van der Waals surface area contributed by atoms with Gasteiger partial charge in [-0.3, -0.25) is 0 Å². The molecule has 2 heteroatoms. The standard InChI is InChI=1S/C14H23NS/c1-2-11-5-3-6-12(9-11)14(15)10-13-7-4-8-16-13/h4,7-8,11-12,14H,2-3,5-6,9-10,15H2,1H3. The van der Waals surface area contributed by atoms with E-state index in [1.165, 1.54) is 37.0 Å². The first-order valence-electron chi connectivity index (χ1n) is 6.57. The van der Waals surface area contributed by atoms with Crippen LogP contribution in [0.25, 0.3) is 0 Å². The van der Waals surface area contributed by atoms with Crippen molar-refractivity contribution in [2.45, 2.75) is 51.5 Å². The fraction of sp³-hybridized carbons (Fsp3) is 0.714. The third kappa shape index (κ3) is 3.08. The lowest BCUT2D eigenvalue weighted by molar-refractivity contribution is 0.229. The predicted molar refractivity (Wildman–Crippen MR) is 71.7 cm³/mol. The Bertz CT molecular complexity index is 294. The highest BCUT2D eigenvalue weighted by Crippen LogP contribution is 2.33. The number of hydrogen-bond acceptors (Lipinski definition) is 2. The van der Waals surface area contributed by atoms with Gasteiger partial charge in [0.05, 0.1) is 0 Å². The van der Waals surface area contributed by atoms with Crippen molar-refractivity contribution in [3.63, 3.8) is 0 Å². The SMILES string of the molecule is CCC1CCCC(C(N)Cc2cccs2)C1. The molecule has 90 valence electrons. The van der Waals surface area contributed by atoms with Crippen LogP contribution in [0.3, 0.4) is 0 Å². The minimum Gasteiger partial charge on any atom is -0.327 e. The second kappa shape index (κ2) is 5.83. The molecule has 0 aliphatic heterocycles. The Morgan fingerprint density at radius 1 is 1.50 bits per heavy atom. The van der Waals surface area contributed by atoms with Crippen LogP contribution >= 0.6 is 11.3 Å². The predicted octanol–water partition coefficient (Wildman–Crippen LogP) is 3.83. The van der Waals surface area contributed by atoms with Crippen LogP contribution < -0.4 is 5.73 Å². The first kappa shape index (κ1) is 12.1. The van der Waals surface area contributed by atoms with Crippen LogP contribution in [0, 0.1) is 11.8 Å². The lowest BCUT2D eigenvalue weighted by atomic mass is 9.76. The zero-order chi connectivity index (χ0) is 11.4. The van der Waals surface area contributed by atoms with Gasteiger partial charge in [-0.1, -0.05) is 32.3 Å². The lowest BCUT2D eigenvalue weighted by Crippen LogP contribution is -2.35. The summed E-state index contributed by atoms with van der Waals surface area (Å²) in [5, 5.41) is 2.15. The Kier molecular flexibility index (Phi) is 4.42. The first-order chi connectivity index (χ1) is 7.79. The molecule has 0 spiro atoms. The molecule has 1 heterocycles. The van der Waals surface area contributed by atoms with E-state index in [-0.39, 0.29) is 0 Å². The molecule has 1 nitrogen and oxygen atoms in total. The summed E-state index contributed by atoms with van der Waals surface area (Å²) in [7, 11) is 0. The Hall–Kier alpha value is -0.340. The molecule has 0 bridgehead atoms. The van der Waals surface area contributed by atoms with Crippen LogP contribution in [-0.2, 0) is 6.42 Å². The third-order valence-corrected chi connectivity index (χ3v) is 4.92. The van der Waals surface area contributed by atoms with Crippen LogP contribution in [0.15, 0.2) is 17.5 Å². The van der Waals surface area contributed by atoms with E-state index in [1.807, 2.05) is 11.3 Å². The van der Waals surface area contributed by atoms with E-state index < -0.39 is 0 Å². The molecule has 2 N–H and O–H groups in total. The Morgan fingerprint density at radius 2 is 2.38 bits per heavy atom. The maximum Gasteiger partial charge on any atom is 0.0116 e. The monoisotopic (exact) mass is 237 g/mol. The van der Waals surface area contributed by atoms with Crippen molar-refractivity contribution in [2.75, 3.05) is 0 Å². The molecule has 1 fully saturated rings. The smallest absolute Gasteiger partial charge is 0.0116 e. The van der Waals surface area contributed by atoms with Crippen molar-refractivity contribution >= 4 is 11.3 Å². The van der Waals surface area contributed by atoms with Gasteiger partial charge >= 0.3 is 0 Å². The topological polar surface area (TPSA) is 26.0 Å². The van der Waals surface area contributed by atoms with Gasteiger partial charge in [0, 0.05) is 10.9 Å². The van der Waals surface area contributed by atoms with Crippen LogP contribution in [0.1, 0.15) is 43.9 Å². The fourth-order valence-electron chi connectivity index (χ4n) is 2.92. The van der Waals surface area contributed by atoms with Crippen LogP contribution in [0.5, 0.6) is 0 Å². The maximum absolute atomic E-state index is 6.36. The molecular weight excluding hydrogens is 214 g/mol. The van der Waals surface area contributed by atoms with Crippen LogP contribution in [0.2, 0.25) is 0 Å². The molecule has 0 radical (unpaired) electrons. The Labute approximate surface area is 103 Å². The zero-order valence-corrected chi connectivity index (χ0v) is 11.0. The molecule has 1 aromatic heterocycles. The molecule has 2 rings (SSSR count). The van der Waals surface area contributed by atoms with Gasteiger partial charge in [0.2, 0.25) is 0 Å². The highest BCUT2D eigenvalue weighted by molar-refractivity contribution is 7.09. The van der Waals surface area contributed by atoms with E-state index in [4.69, 9.17) is 5.73 Å². The third-order valence-electron chi connectivity index (χ3n) is 4.02. The van der Waals surface area contributed by atoms with Gasteiger partial charge in [-0.25, -0.2) is 0 Å². The Morgan fingerprint density at radius 3 is 3.06 bits per heavy atom.